The molecule has 0 fully saturated rings. The van der Waals surface area contributed by atoms with Crippen LogP contribution in [0.25, 0.3) is 115 Å². The van der Waals surface area contributed by atoms with Crippen molar-refractivity contribution >= 4 is 97.3 Å². The van der Waals surface area contributed by atoms with Crippen LogP contribution in [0.15, 0.2) is 176 Å². The summed E-state index contributed by atoms with van der Waals surface area (Å²) in [5, 5.41) is 18.2. The number of hydrogen-bond donors (Lipinski definition) is 0. The van der Waals surface area contributed by atoms with Crippen molar-refractivity contribution < 1.29 is 0 Å². The normalized spacial score (nSPS) is 12.2. The molecular formula is C50H29N3. The van der Waals surface area contributed by atoms with Crippen molar-refractivity contribution in [2.24, 2.45) is 0 Å². The molecule has 0 spiro atoms. The van der Waals surface area contributed by atoms with Gasteiger partial charge in [-0.25, -0.2) is 9.97 Å². The predicted octanol–water partition coefficient (Wildman–Crippen LogP) is 13.3. The molecule has 0 unspecified atom stereocenters. The van der Waals surface area contributed by atoms with E-state index < -0.39 is 0 Å². The highest BCUT2D eigenvalue weighted by Crippen LogP contribution is 2.45. The van der Waals surface area contributed by atoms with Gasteiger partial charge in [0.05, 0.1) is 22.2 Å². The fourth-order valence-corrected chi connectivity index (χ4v) is 9.01. The molecule has 0 aliphatic rings. The average Bonchev–Trinajstić information content (AvgIpc) is 3.58. The molecule has 2 heterocycles. The molecule has 0 N–H and O–H groups in total. The summed E-state index contributed by atoms with van der Waals surface area (Å²) in [7, 11) is 0. The van der Waals surface area contributed by atoms with Crippen LogP contribution in [0.3, 0.4) is 0 Å². The number of aromatic nitrogens is 3. The van der Waals surface area contributed by atoms with E-state index in [1.54, 1.807) is 0 Å². The van der Waals surface area contributed by atoms with Crippen molar-refractivity contribution in [2.75, 3.05) is 0 Å². The Morgan fingerprint density at radius 3 is 1.57 bits per heavy atom. The summed E-state index contributed by atoms with van der Waals surface area (Å²) in [5.74, 6) is 0.663. The summed E-state index contributed by atoms with van der Waals surface area (Å²) in [4.78, 5) is 11.0. The third-order valence-electron chi connectivity index (χ3n) is 11.3. The maximum atomic E-state index is 5.60. The van der Waals surface area contributed by atoms with Gasteiger partial charge >= 0.3 is 0 Å². The van der Waals surface area contributed by atoms with E-state index in [4.69, 9.17) is 9.97 Å². The summed E-state index contributed by atoms with van der Waals surface area (Å²) >= 11 is 0. The van der Waals surface area contributed by atoms with E-state index in [2.05, 4.69) is 180 Å². The molecule has 0 amide bonds. The molecule has 0 radical (unpaired) electrons. The zero-order valence-electron chi connectivity index (χ0n) is 28.6. The van der Waals surface area contributed by atoms with Gasteiger partial charge in [-0.2, -0.15) is 0 Å². The molecule has 0 saturated carbocycles. The van der Waals surface area contributed by atoms with Crippen molar-refractivity contribution in [1.29, 1.82) is 0 Å². The Balaban J connectivity index is 1.29. The SMILES string of the molecule is c1ccc2cc(-c3nc(-n4c5ccc6ccccc6c5c5c6c7ccccc7c7ccccc7c6ccc54)nc4ccc5ccccc5c34)ccc2c1. The van der Waals surface area contributed by atoms with Crippen LogP contribution in [0.1, 0.15) is 0 Å². The molecular weight excluding hydrogens is 643 g/mol. The third-order valence-corrected chi connectivity index (χ3v) is 11.3. The molecule has 12 rings (SSSR count). The molecule has 0 atom stereocenters. The molecule has 244 valence electrons. The summed E-state index contributed by atoms with van der Waals surface area (Å²) < 4.78 is 2.31. The monoisotopic (exact) mass is 671 g/mol. The molecule has 0 saturated heterocycles. The van der Waals surface area contributed by atoms with Crippen molar-refractivity contribution in [3.63, 3.8) is 0 Å². The van der Waals surface area contributed by atoms with Crippen LogP contribution in [0.2, 0.25) is 0 Å². The van der Waals surface area contributed by atoms with E-state index in [9.17, 15) is 0 Å². The summed E-state index contributed by atoms with van der Waals surface area (Å²) in [6.45, 7) is 0. The minimum absolute atomic E-state index is 0.663. The third kappa shape index (κ3) is 3.99. The lowest BCUT2D eigenvalue weighted by Gasteiger charge is -2.14. The first-order valence-electron chi connectivity index (χ1n) is 18.2. The highest BCUT2D eigenvalue weighted by atomic mass is 15.2. The summed E-state index contributed by atoms with van der Waals surface area (Å²) in [5.41, 5.74) is 5.11. The summed E-state index contributed by atoms with van der Waals surface area (Å²) in [6.07, 6.45) is 0. The molecule has 10 aromatic carbocycles. The van der Waals surface area contributed by atoms with Gasteiger partial charge in [-0.3, -0.25) is 4.57 Å². The molecule has 3 heteroatoms. The zero-order chi connectivity index (χ0) is 34.6. The van der Waals surface area contributed by atoms with Gasteiger partial charge in [0.1, 0.15) is 0 Å². The van der Waals surface area contributed by atoms with Crippen molar-refractivity contribution in [3.8, 4) is 17.2 Å². The second-order valence-electron chi connectivity index (χ2n) is 14.1. The van der Waals surface area contributed by atoms with Crippen LogP contribution in [-0.4, -0.2) is 14.5 Å². The van der Waals surface area contributed by atoms with Crippen LogP contribution in [0.4, 0.5) is 0 Å². The first-order valence-corrected chi connectivity index (χ1v) is 18.2. The lowest BCUT2D eigenvalue weighted by molar-refractivity contribution is 1.02. The fraction of sp³-hybridized carbons (Fsp3) is 0. The maximum absolute atomic E-state index is 5.60. The Hall–Kier alpha value is -7.10. The van der Waals surface area contributed by atoms with Gasteiger partial charge in [0.2, 0.25) is 5.95 Å². The number of rotatable bonds is 2. The van der Waals surface area contributed by atoms with Crippen molar-refractivity contribution in [3.05, 3.63) is 176 Å². The Bertz CT molecular complexity index is 3480. The molecule has 3 nitrogen and oxygen atoms in total. The number of nitrogens with zero attached hydrogens (tertiary/aromatic N) is 3. The first kappa shape index (κ1) is 28.6. The topological polar surface area (TPSA) is 30.7 Å². The number of fused-ring (bicyclic) bond motifs is 16. The lowest BCUT2D eigenvalue weighted by atomic mass is 9.91. The molecule has 2 aromatic heterocycles. The van der Waals surface area contributed by atoms with E-state index in [0.717, 1.165) is 38.6 Å². The fourth-order valence-electron chi connectivity index (χ4n) is 9.01. The van der Waals surface area contributed by atoms with Crippen LogP contribution in [0.5, 0.6) is 0 Å². The maximum Gasteiger partial charge on any atom is 0.235 e. The average molecular weight is 672 g/mol. The molecule has 0 bridgehead atoms. The Kier molecular flexibility index (Phi) is 5.77. The minimum Gasteiger partial charge on any atom is -0.278 e. The van der Waals surface area contributed by atoms with Gasteiger partial charge in [-0.1, -0.05) is 152 Å². The van der Waals surface area contributed by atoms with Crippen LogP contribution in [0, 0.1) is 0 Å². The van der Waals surface area contributed by atoms with Gasteiger partial charge in [0.15, 0.2) is 0 Å². The second-order valence-corrected chi connectivity index (χ2v) is 14.1. The number of hydrogen-bond acceptors (Lipinski definition) is 2. The second kappa shape index (κ2) is 10.7. The van der Waals surface area contributed by atoms with Crippen molar-refractivity contribution in [2.45, 2.75) is 0 Å². The standard InChI is InChI=1S/C50H29N3/c1-2-14-33-29-34(22-21-30(33)11-1)49-46-35-15-5-3-12-31(35)23-26-42(46)51-50(52-49)53-43-27-24-32-13-4-6-16-36(32)47(43)48-44(53)28-25-41-39-19-8-7-17-37(39)38-18-9-10-20-40(38)45(41)48/h1-29H. The molecule has 0 aliphatic carbocycles. The predicted molar refractivity (Wildman–Crippen MR) is 224 cm³/mol. The largest absolute Gasteiger partial charge is 0.278 e. The highest BCUT2D eigenvalue weighted by Gasteiger charge is 2.23. The first-order chi connectivity index (χ1) is 26.3. The van der Waals surface area contributed by atoms with Crippen molar-refractivity contribution in [1.82, 2.24) is 14.5 Å². The van der Waals surface area contributed by atoms with E-state index in [-0.39, 0.29) is 0 Å². The van der Waals surface area contributed by atoms with E-state index in [0.29, 0.717) is 5.95 Å². The Morgan fingerprint density at radius 1 is 0.321 bits per heavy atom. The van der Waals surface area contributed by atoms with Gasteiger partial charge < -0.3 is 0 Å². The van der Waals surface area contributed by atoms with Crippen LogP contribution >= 0.6 is 0 Å². The van der Waals surface area contributed by atoms with Gasteiger partial charge in [-0.15, -0.1) is 0 Å². The minimum atomic E-state index is 0.663. The number of benzene rings is 10. The molecule has 53 heavy (non-hydrogen) atoms. The zero-order valence-corrected chi connectivity index (χ0v) is 28.6. The lowest BCUT2D eigenvalue weighted by Crippen LogP contribution is -2.04. The van der Waals surface area contributed by atoms with Gasteiger partial charge in [0, 0.05) is 27.1 Å². The van der Waals surface area contributed by atoms with E-state index in [1.165, 1.54) is 70.0 Å². The van der Waals surface area contributed by atoms with Crippen LogP contribution < -0.4 is 0 Å². The summed E-state index contributed by atoms with van der Waals surface area (Å²) in [6, 6.07) is 63.7. The Labute approximate surface area is 304 Å². The van der Waals surface area contributed by atoms with Crippen LogP contribution in [-0.2, 0) is 0 Å². The molecule has 12 aromatic rings. The van der Waals surface area contributed by atoms with E-state index in [1.807, 2.05) is 0 Å². The highest BCUT2D eigenvalue weighted by molar-refractivity contribution is 6.37. The smallest absolute Gasteiger partial charge is 0.235 e. The van der Waals surface area contributed by atoms with Gasteiger partial charge in [-0.05, 0) is 83.5 Å². The molecule has 0 aliphatic heterocycles. The van der Waals surface area contributed by atoms with E-state index >= 15 is 0 Å². The Morgan fingerprint density at radius 2 is 0.830 bits per heavy atom. The van der Waals surface area contributed by atoms with Gasteiger partial charge in [0.25, 0.3) is 0 Å². The quantitative estimate of drug-likeness (QED) is 0.171.